The van der Waals surface area contributed by atoms with Gasteiger partial charge in [-0.1, -0.05) is 30.3 Å². The number of amides is 2. The zero-order valence-corrected chi connectivity index (χ0v) is 16.1. The fourth-order valence-corrected chi connectivity index (χ4v) is 4.33. The molecule has 0 radical (unpaired) electrons. The molecule has 1 N–H and O–H groups in total. The van der Waals surface area contributed by atoms with Gasteiger partial charge in [0.1, 0.15) is 5.75 Å². The largest absolute Gasteiger partial charge is 0.505 e. The summed E-state index contributed by atoms with van der Waals surface area (Å²) in [6, 6.07) is 11.8. The lowest BCUT2D eigenvalue weighted by molar-refractivity contribution is -0.135. The lowest BCUT2D eigenvalue weighted by Gasteiger charge is -2.24. The van der Waals surface area contributed by atoms with Crippen molar-refractivity contribution < 1.29 is 14.7 Å². The highest BCUT2D eigenvalue weighted by Crippen LogP contribution is 2.41. The summed E-state index contributed by atoms with van der Waals surface area (Å²) in [5.74, 6) is -0.178. The molecule has 3 heterocycles. The lowest BCUT2D eigenvalue weighted by Crippen LogP contribution is -2.39. The van der Waals surface area contributed by atoms with Crippen LogP contribution in [-0.4, -0.2) is 57.9 Å². The zero-order chi connectivity index (χ0) is 19.7. The standard InChI is InChI=1S/C22H25N3O3/c1-16-13-18(19(26)14-23-16)20(27)25-12-9-22(15-25)8-11-24(21(22)28)10-7-17-5-3-2-4-6-17/h2-6,13-14,26H,7-12,15H2,1H3. The van der Waals surface area contributed by atoms with E-state index < -0.39 is 5.41 Å². The molecule has 0 aliphatic carbocycles. The fraction of sp³-hybridized carbons (Fsp3) is 0.409. The Bertz CT molecular complexity index is 899. The number of rotatable bonds is 4. The van der Waals surface area contributed by atoms with Crippen LogP contribution in [0.15, 0.2) is 42.6 Å². The van der Waals surface area contributed by atoms with Crippen LogP contribution in [0.2, 0.25) is 0 Å². The van der Waals surface area contributed by atoms with Gasteiger partial charge in [-0.15, -0.1) is 0 Å². The summed E-state index contributed by atoms with van der Waals surface area (Å²) in [6.07, 6.45) is 3.62. The van der Waals surface area contributed by atoms with E-state index in [0.717, 1.165) is 19.4 Å². The van der Waals surface area contributed by atoms with Gasteiger partial charge >= 0.3 is 0 Å². The van der Waals surface area contributed by atoms with E-state index in [2.05, 4.69) is 17.1 Å². The average Bonchev–Trinajstić information content (AvgIpc) is 3.28. The second-order valence-electron chi connectivity index (χ2n) is 7.88. The first-order valence-electron chi connectivity index (χ1n) is 9.77. The van der Waals surface area contributed by atoms with Gasteiger partial charge in [0.2, 0.25) is 5.91 Å². The van der Waals surface area contributed by atoms with Crippen LogP contribution in [0.3, 0.4) is 0 Å². The molecule has 0 bridgehead atoms. The molecule has 2 saturated heterocycles. The highest BCUT2D eigenvalue weighted by molar-refractivity contribution is 5.98. The molecule has 1 unspecified atom stereocenters. The maximum absolute atomic E-state index is 13.1. The van der Waals surface area contributed by atoms with Crippen LogP contribution in [0, 0.1) is 12.3 Å². The predicted octanol–water partition coefficient (Wildman–Crippen LogP) is 2.40. The molecule has 2 aliphatic heterocycles. The molecule has 2 fully saturated rings. The Labute approximate surface area is 164 Å². The molecule has 146 valence electrons. The van der Waals surface area contributed by atoms with E-state index in [4.69, 9.17) is 0 Å². The third kappa shape index (κ3) is 3.35. The van der Waals surface area contributed by atoms with Gasteiger partial charge in [-0.3, -0.25) is 14.6 Å². The van der Waals surface area contributed by atoms with Crippen LogP contribution in [0.1, 0.15) is 34.5 Å². The van der Waals surface area contributed by atoms with Crippen LogP contribution in [0.5, 0.6) is 5.75 Å². The first-order valence-corrected chi connectivity index (χ1v) is 9.77. The second kappa shape index (κ2) is 7.26. The Morgan fingerprint density at radius 2 is 1.96 bits per heavy atom. The third-order valence-corrected chi connectivity index (χ3v) is 6.01. The van der Waals surface area contributed by atoms with Crippen LogP contribution in [-0.2, 0) is 11.2 Å². The highest BCUT2D eigenvalue weighted by Gasteiger charge is 2.51. The zero-order valence-electron chi connectivity index (χ0n) is 16.1. The Morgan fingerprint density at radius 1 is 1.21 bits per heavy atom. The van der Waals surface area contributed by atoms with E-state index in [1.807, 2.05) is 23.1 Å². The molecule has 1 atom stereocenters. The van der Waals surface area contributed by atoms with E-state index in [1.165, 1.54) is 11.8 Å². The molecular formula is C22H25N3O3. The summed E-state index contributed by atoms with van der Waals surface area (Å²) in [5.41, 5.74) is 1.70. The van der Waals surface area contributed by atoms with Crippen molar-refractivity contribution in [1.82, 2.24) is 14.8 Å². The maximum Gasteiger partial charge on any atom is 0.257 e. The molecule has 1 spiro atoms. The Hall–Kier alpha value is -2.89. The van der Waals surface area contributed by atoms with Gasteiger partial charge in [-0.05, 0) is 37.8 Å². The summed E-state index contributed by atoms with van der Waals surface area (Å²) >= 11 is 0. The molecule has 1 aromatic carbocycles. The van der Waals surface area contributed by atoms with Gasteiger partial charge in [0.15, 0.2) is 0 Å². The van der Waals surface area contributed by atoms with E-state index in [9.17, 15) is 14.7 Å². The van der Waals surface area contributed by atoms with Crippen molar-refractivity contribution in [2.75, 3.05) is 26.2 Å². The Kier molecular flexibility index (Phi) is 4.79. The summed E-state index contributed by atoms with van der Waals surface area (Å²) in [5, 5.41) is 10.0. The highest BCUT2D eigenvalue weighted by atomic mass is 16.3. The van der Waals surface area contributed by atoms with E-state index in [-0.39, 0.29) is 23.1 Å². The van der Waals surface area contributed by atoms with Gasteiger partial charge in [-0.25, -0.2) is 0 Å². The number of benzene rings is 1. The minimum atomic E-state index is -0.468. The van der Waals surface area contributed by atoms with Gasteiger partial charge in [-0.2, -0.15) is 0 Å². The van der Waals surface area contributed by atoms with Crippen LogP contribution >= 0.6 is 0 Å². The van der Waals surface area contributed by atoms with Crippen molar-refractivity contribution >= 4 is 11.8 Å². The summed E-state index contributed by atoms with van der Waals surface area (Å²) in [4.78, 5) is 33.6. The number of aryl methyl sites for hydroxylation is 1. The number of nitrogens with zero attached hydrogens (tertiary/aromatic N) is 3. The summed E-state index contributed by atoms with van der Waals surface area (Å²) < 4.78 is 0. The van der Waals surface area contributed by atoms with Gasteiger partial charge in [0, 0.05) is 31.9 Å². The average molecular weight is 379 g/mol. The number of likely N-dealkylation sites (tertiary alicyclic amines) is 2. The number of carbonyl (C=O) groups excluding carboxylic acids is 2. The van der Waals surface area contributed by atoms with E-state index in [1.54, 1.807) is 17.9 Å². The number of hydrogen-bond acceptors (Lipinski definition) is 4. The molecule has 0 saturated carbocycles. The van der Waals surface area contributed by atoms with Crippen LogP contribution in [0.4, 0.5) is 0 Å². The first kappa shape index (κ1) is 18.5. The molecule has 2 aliphatic rings. The number of aromatic hydroxyl groups is 1. The van der Waals surface area contributed by atoms with Crippen LogP contribution in [0.25, 0.3) is 0 Å². The van der Waals surface area contributed by atoms with Crippen molar-refractivity contribution in [3.63, 3.8) is 0 Å². The SMILES string of the molecule is Cc1cc(C(=O)N2CCC3(CCN(CCc4ccccc4)C3=O)C2)c(O)cn1. The minimum Gasteiger partial charge on any atom is -0.505 e. The number of aromatic nitrogens is 1. The fourth-order valence-electron chi connectivity index (χ4n) is 4.33. The topological polar surface area (TPSA) is 73.7 Å². The lowest BCUT2D eigenvalue weighted by atomic mass is 9.85. The maximum atomic E-state index is 13.1. The number of pyridine rings is 1. The second-order valence-corrected chi connectivity index (χ2v) is 7.88. The van der Waals surface area contributed by atoms with Crippen LogP contribution < -0.4 is 0 Å². The molecular weight excluding hydrogens is 354 g/mol. The number of carbonyl (C=O) groups is 2. The molecule has 2 amide bonds. The van der Waals surface area contributed by atoms with Gasteiger partial charge < -0.3 is 14.9 Å². The van der Waals surface area contributed by atoms with Crippen molar-refractivity contribution in [2.45, 2.75) is 26.2 Å². The molecule has 1 aromatic heterocycles. The normalized spacial score (nSPS) is 21.7. The molecule has 2 aromatic rings. The minimum absolute atomic E-state index is 0.112. The monoisotopic (exact) mass is 379 g/mol. The smallest absolute Gasteiger partial charge is 0.257 e. The third-order valence-electron chi connectivity index (χ3n) is 6.01. The molecule has 6 heteroatoms. The molecule has 6 nitrogen and oxygen atoms in total. The quantitative estimate of drug-likeness (QED) is 0.885. The van der Waals surface area contributed by atoms with Crippen molar-refractivity contribution in [3.8, 4) is 5.75 Å². The van der Waals surface area contributed by atoms with E-state index >= 15 is 0 Å². The molecule has 28 heavy (non-hydrogen) atoms. The number of hydrogen-bond donors (Lipinski definition) is 1. The Balaban J connectivity index is 1.42. The predicted molar refractivity (Wildman–Crippen MR) is 105 cm³/mol. The van der Waals surface area contributed by atoms with Gasteiger partial charge in [0.05, 0.1) is 17.2 Å². The van der Waals surface area contributed by atoms with E-state index in [0.29, 0.717) is 31.7 Å². The Morgan fingerprint density at radius 3 is 2.75 bits per heavy atom. The van der Waals surface area contributed by atoms with Crippen molar-refractivity contribution in [1.29, 1.82) is 0 Å². The summed E-state index contributed by atoms with van der Waals surface area (Å²) in [6.45, 7) is 4.20. The van der Waals surface area contributed by atoms with Gasteiger partial charge in [0.25, 0.3) is 5.91 Å². The summed E-state index contributed by atoms with van der Waals surface area (Å²) in [7, 11) is 0. The van der Waals surface area contributed by atoms with Crippen molar-refractivity contribution in [3.05, 3.63) is 59.4 Å². The first-order chi connectivity index (χ1) is 13.5. The van der Waals surface area contributed by atoms with Crippen molar-refractivity contribution in [2.24, 2.45) is 5.41 Å². The molecule has 4 rings (SSSR count).